The fourth-order valence-corrected chi connectivity index (χ4v) is 5.68. The van der Waals surface area contributed by atoms with Crippen LogP contribution in [-0.4, -0.2) is 77.7 Å². The zero-order valence-corrected chi connectivity index (χ0v) is 23.8. The molecule has 2 aromatic carbocycles. The van der Waals surface area contributed by atoms with E-state index in [-0.39, 0.29) is 31.9 Å². The average molecular weight is 568 g/mol. The number of ether oxygens (including phenoxy) is 2. The van der Waals surface area contributed by atoms with Gasteiger partial charge >= 0.3 is 11.9 Å². The normalized spacial score (nSPS) is 17.7. The summed E-state index contributed by atoms with van der Waals surface area (Å²) >= 11 is 1.42. The summed E-state index contributed by atoms with van der Waals surface area (Å²) in [5, 5.41) is 3.10. The fourth-order valence-electron chi connectivity index (χ4n) is 4.59. The number of para-hydroxylation sites is 1. The van der Waals surface area contributed by atoms with Gasteiger partial charge in [-0.3, -0.25) is 39.1 Å². The second-order valence-corrected chi connectivity index (χ2v) is 11.5. The van der Waals surface area contributed by atoms with Crippen molar-refractivity contribution in [1.82, 2.24) is 10.2 Å². The van der Waals surface area contributed by atoms with Gasteiger partial charge in [0.2, 0.25) is 5.91 Å². The van der Waals surface area contributed by atoms with Gasteiger partial charge in [0.05, 0.1) is 29.5 Å². The summed E-state index contributed by atoms with van der Waals surface area (Å²) < 4.78 is 10.7. The van der Waals surface area contributed by atoms with Gasteiger partial charge in [0.1, 0.15) is 18.2 Å². The molecule has 40 heavy (non-hydrogen) atoms. The maximum absolute atomic E-state index is 13.8. The number of rotatable bonds is 9. The molecule has 0 saturated heterocycles. The minimum absolute atomic E-state index is 0.0394. The molecule has 4 rings (SSSR count). The number of carbonyl (C=O) groups excluding carboxylic acids is 5. The summed E-state index contributed by atoms with van der Waals surface area (Å²) in [5.74, 6) is -2.14. The predicted octanol–water partition coefficient (Wildman–Crippen LogP) is 3.04. The smallest absolute Gasteiger partial charge is 0.326 e. The summed E-state index contributed by atoms with van der Waals surface area (Å²) in [6.45, 7) is 6.70. The van der Waals surface area contributed by atoms with Gasteiger partial charge in [-0.1, -0.05) is 24.3 Å². The molecule has 0 saturated carbocycles. The Kier molecular flexibility index (Phi) is 8.95. The Labute approximate surface area is 237 Å². The molecule has 11 heteroatoms. The number of carbonyl (C=O) groups is 5. The van der Waals surface area contributed by atoms with Crippen LogP contribution in [0.2, 0.25) is 0 Å². The quantitative estimate of drug-likeness (QED) is 0.360. The number of hydrogen-bond donors (Lipinski definition) is 1. The van der Waals surface area contributed by atoms with E-state index in [0.717, 1.165) is 9.80 Å². The molecule has 0 aliphatic carbocycles. The summed E-state index contributed by atoms with van der Waals surface area (Å²) in [6.07, 6.45) is 0.0394. The molecule has 0 radical (unpaired) electrons. The van der Waals surface area contributed by atoms with Crippen molar-refractivity contribution in [2.24, 2.45) is 0 Å². The summed E-state index contributed by atoms with van der Waals surface area (Å²) in [6, 6.07) is 12.0. The van der Waals surface area contributed by atoms with Crippen molar-refractivity contribution >= 4 is 47.1 Å². The number of benzene rings is 2. The molecule has 2 atom stereocenters. The van der Waals surface area contributed by atoms with Gasteiger partial charge in [-0.2, -0.15) is 0 Å². The van der Waals surface area contributed by atoms with Crippen LogP contribution in [0.5, 0.6) is 0 Å². The lowest BCUT2D eigenvalue weighted by Gasteiger charge is -2.29. The van der Waals surface area contributed by atoms with Crippen LogP contribution < -0.4 is 10.2 Å². The van der Waals surface area contributed by atoms with Crippen LogP contribution in [0.3, 0.4) is 0 Å². The van der Waals surface area contributed by atoms with Gasteiger partial charge < -0.3 is 9.47 Å². The highest BCUT2D eigenvalue weighted by molar-refractivity contribution is 7.99. The van der Waals surface area contributed by atoms with Crippen LogP contribution in [0.15, 0.2) is 53.4 Å². The SMILES string of the molecule is CCOC(=O)[C@@H](CCN1C(=O)c2ccccc2C1=O)NC1CSc2ccccc2N(CC(=O)OC(C)(C)C)C1=O. The highest BCUT2D eigenvalue weighted by Gasteiger charge is 2.38. The number of nitrogens with zero attached hydrogens (tertiary/aromatic N) is 2. The molecule has 1 N–H and O–H groups in total. The zero-order chi connectivity index (χ0) is 29.0. The molecular weight excluding hydrogens is 534 g/mol. The minimum atomic E-state index is -0.983. The van der Waals surface area contributed by atoms with Crippen LogP contribution in [-0.2, 0) is 23.9 Å². The van der Waals surface area contributed by atoms with E-state index in [2.05, 4.69) is 5.32 Å². The van der Waals surface area contributed by atoms with Crippen molar-refractivity contribution in [3.63, 3.8) is 0 Å². The van der Waals surface area contributed by atoms with Crippen LogP contribution >= 0.6 is 11.8 Å². The maximum atomic E-state index is 13.8. The lowest BCUT2D eigenvalue weighted by Crippen LogP contribution is -2.55. The number of anilines is 1. The van der Waals surface area contributed by atoms with Crippen molar-refractivity contribution in [2.75, 3.05) is 30.3 Å². The van der Waals surface area contributed by atoms with Crippen LogP contribution in [0.25, 0.3) is 0 Å². The van der Waals surface area contributed by atoms with E-state index in [9.17, 15) is 24.0 Å². The van der Waals surface area contributed by atoms with Crippen LogP contribution in [0, 0.1) is 0 Å². The second kappa shape index (κ2) is 12.2. The number of fused-ring (bicyclic) bond motifs is 2. The average Bonchev–Trinajstić information content (AvgIpc) is 3.06. The number of amides is 3. The van der Waals surface area contributed by atoms with Crippen LogP contribution in [0.4, 0.5) is 5.69 Å². The Morgan fingerprint density at radius 1 is 1.00 bits per heavy atom. The fraction of sp³-hybridized carbons (Fsp3) is 0.414. The molecule has 10 nitrogen and oxygen atoms in total. The summed E-state index contributed by atoms with van der Waals surface area (Å²) in [7, 11) is 0. The molecule has 2 aliphatic heterocycles. The molecule has 0 bridgehead atoms. The summed E-state index contributed by atoms with van der Waals surface area (Å²) in [5.41, 5.74) is 0.487. The first kappa shape index (κ1) is 29.3. The third-order valence-corrected chi connectivity index (χ3v) is 7.48. The standard InChI is InChI=1S/C29H33N3O7S/c1-5-38-28(37)20(14-15-31-25(34)18-10-6-7-11-19(18)26(31)35)30-21-17-40-23-13-9-8-12-22(23)32(27(21)36)16-24(33)39-29(2,3)4/h6-13,20-21,30H,5,14-17H2,1-4H3/t20-,21?/m1/s1. The molecule has 1 unspecified atom stereocenters. The number of imide groups is 1. The molecular formula is C29H33N3O7S. The Balaban J connectivity index is 1.53. The van der Waals surface area contributed by atoms with Crippen molar-refractivity contribution in [2.45, 2.75) is 56.7 Å². The van der Waals surface area contributed by atoms with Crippen molar-refractivity contribution in [3.05, 3.63) is 59.7 Å². The Hall–Kier alpha value is -3.70. The largest absolute Gasteiger partial charge is 0.465 e. The summed E-state index contributed by atoms with van der Waals surface area (Å²) in [4.78, 5) is 68.4. The van der Waals surface area contributed by atoms with E-state index in [1.54, 1.807) is 64.1 Å². The number of nitrogens with one attached hydrogen (secondary N) is 1. The van der Waals surface area contributed by atoms with E-state index in [1.165, 1.54) is 16.7 Å². The highest BCUT2D eigenvalue weighted by Crippen LogP contribution is 2.34. The zero-order valence-electron chi connectivity index (χ0n) is 23.0. The lowest BCUT2D eigenvalue weighted by molar-refractivity contribution is -0.154. The van der Waals surface area contributed by atoms with Gasteiger partial charge in [0.25, 0.3) is 11.8 Å². The van der Waals surface area contributed by atoms with E-state index in [1.807, 2.05) is 12.1 Å². The third kappa shape index (κ3) is 6.53. The lowest BCUT2D eigenvalue weighted by atomic mass is 10.1. The third-order valence-electron chi connectivity index (χ3n) is 6.33. The number of hydrogen-bond acceptors (Lipinski definition) is 9. The first-order chi connectivity index (χ1) is 19.0. The first-order valence-corrected chi connectivity index (χ1v) is 14.1. The molecule has 0 spiro atoms. The molecule has 212 valence electrons. The Bertz CT molecular complexity index is 1290. The van der Waals surface area contributed by atoms with Gasteiger partial charge in [0.15, 0.2) is 0 Å². The molecule has 0 fully saturated rings. The van der Waals surface area contributed by atoms with Crippen LogP contribution in [0.1, 0.15) is 54.8 Å². The van der Waals surface area contributed by atoms with E-state index in [4.69, 9.17) is 9.47 Å². The van der Waals surface area contributed by atoms with E-state index < -0.39 is 47.3 Å². The first-order valence-electron chi connectivity index (χ1n) is 13.1. The molecule has 2 heterocycles. The minimum Gasteiger partial charge on any atom is -0.465 e. The monoisotopic (exact) mass is 567 g/mol. The second-order valence-electron chi connectivity index (χ2n) is 10.4. The van der Waals surface area contributed by atoms with E-state index >= 15 is 0 Å². The van der Waals surface area contributed by atoms with E-state index in [0.29, 0.717) is 16.8 Å². The van der Waals surface area contributed by atoms with Gasteiger partial charge in [-0.05, 0) is 58.4 Å². The van der Waals surface area contributed by atoms with Gasteiger partial charge in [-0.15, -0.1) is 11.8 Å². The maximum Gasteiger partial charge on any atom is 0.326 e. The van der Waals surface area contributed by atoms with Crippen molar-refractivity contribution in [1.29, 1.82) is 0 Å². The Morgan fingerprint density at radius 2 is 1.62 bits per heavy atom. The van der Waals surface area contributed by atoms with Gasteiger partial charge in [-0.25, -0.2) is 0 Å². The highest BCUT2D eigenvalue weighted by atomic mass is 32.2. The predicted molar refractivity (Wildman–Crippen MR) is 149 cm³/mol. The Morgan fingerprint density at radius 3 is 2.25 bits per heavy atom. The molecule has 0 aromatic heterocycles. The van der Waals surface area contributed by atoms with Gasteiger partial charge in [0, 0.05) is 17.2 Å². The number of esters is 2. The van der Waals surface area contributed by atoms with Crippen molar-refractivity contribution in [3.8, 4) is 0 Å². The molecule has 2 aromatic rings. The topological polar surface area (TPSA) is 122 Å². The number of thioether (sulfide) groups is 1. The molecule has 2 aliphatic rings. The molecule has 3 amide bonds. The van der Waals surface area contributed by atoms with Crippen molar-refractivity contribution < 1.29 is 33.4 Å².